The first-order valence-corrected chi connectivity index (χ1v) is 9.70. The van der Waals surface area contributed by atoms with E-state index in [1.807, 2.05) is 0 Å². The lowest BCUT2D eigenvalue weighted by Crippen LogP contribution is -2.41. The van der Waals surface area contributed by atoms with Crippen molar-refractivity contribution in [1.29, 1.82) is 0 Å². The van der Waals surface area contributed by atoms with Crippen LogP contribution in [-0.2, 0) is 6.54 Å². The van der Waals surface area contributed by atoms with Gasteiger partial charge >= 0.3 is 0 Å². The number of rotatable bonds is 7. The molecule has 1 aromatic carbocycles. The van der Waals surface area contributed by atoms with Crippen LogP contribution in [0.5, 0.6) is 0 Å². The van der Waals surface area contributed by atoms with Crippen molar-refractivity contribution >= 4 is 17.3 Å². The van der Waals surface area contributed by atoms with Crippen LogP contribution in [0.25, 0.3) is 0 Å². The van der Waals surface area contributed by atoms with Gasteiger partial charge in [-0.3, -0.25) is 4.99 Å². The van der Waals surface area contributed by atoms with Crippen molar-refractivity contribution in [2.24, 2.45) is 4.99 Å². The van der Waals surface area contributed by atoms with Crippen molar-refractivity contribution in [1.82, 2.24) is 20.5 Å². The van der Waals surface area contributed by atoms with Crippen LogP contribution in [0.2, 0.25) is 0 Å². The fourth-order valence-corrected chi connectivity index (χ4v) is 3.51. The third kappa shape index (κ3) is 5.71. The summed E-state index contributed by atoms with van der Waals surface area (Å²) in [7, 11) is 5.24. The van der Waals surface area contributed by atoms with E-state index in [4.69, 9.17) is 0 Å². The molecule has 0 aliphatic rings. The average molecular weight is 396 g/mol. The van der Waals surface area contributed by atoms with Crippen LogP contribution in [-0.4, -0.2) is 43.5 Å². The van der Waals surface area contributed by atoms with Gasteiger partial charge in [0, 0.05) is 24.5 Å². The zero-order valence-electron chi connectivity index (χ0n) is 16.4. The molecule has 0 fully saturated rings. The number of guanidine groups is 1. The highest BCUT2D eigenvalue weighted by Gasteiger charge is 2.22. The molecule has 0 saturated carbocycles. The summed E-state index contributed by atoms with van der Waals surface area (Å²) in [5.74, 6) is -0.159. The molecule has 0 aliphatic carbocycles. The van der Waals surface area contributed by atoms with E-state index in [2.05, 4.69) is 39.8 Å². The second-order valence-corrected chi connectivity index (χ2v) is 7.68. The first-order valence-electron chi connectivity index (χ1n) is 8.82. The topological polar surface area (TPSA) is 52.6 Å². The molecule has 1 heterocycles. The molecule has 1 unspecified atom stereocenters. The maximum atomic E-state index is 14.2. The van der Waals surface area contributed by atoms with E-state index in [0.717, 1.165) is 10.7 Å². The molecule has 0 spiro atoms. The van der Waals surface area contributed by atoms with Gasteiger partial charge < -0.3 is 15.5 Å². The van der Waals surface area contributed by atoms with Gasteiger partial charge in [-0.2, -0.15) is 0 Å². The lowest BCUT2D eigenvalue weighted by Gasteiger charge is -2.26. The molecule has 5 nitrogen and oxygen atoms in total. The lowest BCUT2D eigenvalue weighted by atomic mass is 10.0. The normalized spacial score (nSPS) is 13.3. The summed E-state index contributed by atoms with van der Waals surface area (Å²) in [6.07, 6.45) is 0. The van der Waals surface area contributed by atoms with Gasteiger partial charge in [0.1, 0.15) is 16.6 Å². The van der Waals surface area contributed by atoms with Crippen molar-refractivity contribution < 1.29 is 8.78 Å². The van der Waals surface area contributed by atoms with Gasteiger partial charge in [-0.15, -0.1) is 11.3 Å². The molecule has 2 N–H and O–H groups in total. The van der Waals surface area contributed by atoms with E-state index in [1.165, 1.54) is 18.2 Å². The molecule has 2 rings (SSSR count). The van der Waals surface area contributed by atoms with Crippen molar-refractivity contribution in [2.45, 2.75) is 32.4 Å². The number of aliphatic imine (C=N–C) groups is 1. The van der Waals surface area contributed by atoms with Crippen LogP contribution >= 0.6 is 11.3 Å². The lowest BCUT2D eigenvalue weighted by molar-refractivity contribution is 0.282. The van der Waals surface area contributed by atoms with Crippen molar-refractivity contribution in [3.05, 3.63) is 51.5 Å². The summed E-state index contributed by atoms with van der Waals surface area (Å²) in [5.41, 5.74) is 1.12. The largest absolute Gasteiger partial charge is 0.354 e. The number of benzene rings is 1. The quantitative estimate of drug-likeness (QED) is 0.556. The smallest absolute Gasteiger partial charge is 0.191 e. The van der Waals surface area contributed by atoms with Crippen LogP contribution in [0, 0.1) is 11.6 Å². The molecule has 0 bridgehead atoms. The molecule has 0 aliphatic heterocycles. The van der Waals surface area contributed by atoms with Gasteiger partial charge in [0.25, 0.3) is 0 Å². The zero-order valence-corrected chi connectivity index (χ0v) is 17.2. The number of likely N-dealkylation sites (N-methyl/N-ethyl adjacent to an activating group) is 1. The second-order valence-electron chi connectivity index (χ2n) is 6.74. The Bertz CT molecular complexity index is 753. The van der Waals surface area contributed by atoms with Crippen LogP contribution in [0.4, 0.5) is 8.78 Å². The van der Waals surface area contributed by atoms with Gasteiger partial charge in [0.2, 0.25) is 0 Å². The number of thiazole rings is 1. The minimum Gasteiger partial charge on any atom is -0.354 e. The van der Waals surface area contributed by atoms with E-state index in [9.17, 15) is 8.78 Å². The predicted octanol–water partition coefficient (Wildman–Crippen LogP) is 3.51. The Labute approximate surface area is 163 Å². The molecular formula is C19H27F2N5S. The maximum Gasteiger partial charge on any atom is 0.191 e. The molecular weight excluding hydrogens is 368 g/mol. The number of nitrogens with one attached hydrogen (secondary N) is 2. The molecule has 2 aromatic rings. The van der Waals surface area contributed by atoms with Crippen molar-refractivity contribution in [3.8, 4) is 0 Å². The molecule has 0 radical (unpaired) electrons. The molecule has 1 atom stereocenters. The van der Waals surface area contributed by atoms with E-state index in [0.29, 0.717) is 25.0 Å². The Hall–Kier alpha value is -2.06. The Kier molecular flexibility index (Phi) is 7.67. The summed E-state index contributed by atoms with van der Waals surface area (Å²) in [4.78, 5) is 10.5. The van der Waals surface area contributed by atoms with Crippen molar-refractivity contribution in [3.63, 3.8) is 0 Å². The van der Waals surface area contributed by atoms with Gasteiger partial charge in [-0.1, -0.05) is 19.9 Å². The average Bonchev–Trinajstić information content (AvgIpc) is 3.09. The first kappa shape index (κ1) is 21.2. The monoisotopic (exact) mass is 395 g/mol. The molecule has 148 valence electrons. The third-order valence-electron chi connectivity index (χ3n) is 4.21. The highest BCUT2D eigenvalue weighted by Crippen LogP contribution is 2.24. The van der Waals surface area contributed by atoms with E-state index < -0.39 is 17.7 Å². The predicted molar refractivity (Wildman–Crippen MR) is 107 cm³/mol. The highest BCUT2D eigenvalue weighted by atomic mass is 32.1. The van der Waals surface area contributed by atoms with Crippen LogP contribution in [0.3, 0.4) is 0 Å². The van der Waals surface area contributed by atoms with Gasteiger partial charge in [0.15, 0.2) is 5.96 Å². The summed E-state index contributed by atoms with van der Waals surface area (Å²) in [6, 6.07) is 3.44. The Morgan fingerprint density at radius 3 is 2.41 bits per heavy atom. The SMILES string of the molecule is CN=C(NCc1nc(C(C)C)cs1)NCC(c1c(F)cccc1F)N(C)C. The molecule has 1 aromatic heterocycles. The Balaban J connectivity index is 2.00. The molecule has 8 heteroatoms. The number of halogens is 2. The summed E-state index contributed by atoms with van der Waals surface area (Å²) >= 11 is 1.60. The van der Waals surface area contributed by atoms with Crippen LogP contribution in [0.15, 0.2) is 28.6 Å². The summed E-state index contributed by atoms with van der Waals surface area (Å²) in [6.45, 7) is 5.06. The van der Waals surface area contributed by atoms with E-state index in [-0.39, 0.29) is 5.56 Å². The third-order valence-corrected chi connectivity index (χ3v) is 5.08. The fourth-order valence-electron chi connectivity index (χ4n) is 2.62. The number of aromatic nitrogens is 1. The maximum absolute atomic E-state index is 14.2. The minimum absolute atomic E-state index is 0.0481. The van der Waals surface area contributed by atoms with Crippen LogP contribution < -0.4 is 10.6 Å². The Morgan fingerprint density at radius 2 is 1.89 bits per heavy atom. The number of hydrogen-bond acceptors (Lipinski definition) is 4. The van der Waals surface area contributed by atoms with Gasteiger partial charge in [-0.05, 0) is 32.1 Å². The van der Waals surface area contributed by atoms with E-state index in [1.54, 1.807) is 37.4 Å². The van der Waals surface area contributed by atoms with E-state index >= 15 is 0 Å². The second kappa shape index (κ2) is 9.75. The molecule has 0 saturated heterocycles. The fraction of sp³-hybridized carbons (Fsp3) is 0.474. The molecule has 27 heavy (non-hydrogen) atoms. The Morgan fingerprint density at radius 1 is 1.22 bits per heavy atom. The standard InChI is InChI=1S/C19H27F2N5S/c1-12(2)15-11-27-17(25-15)10-24-19(22-3)23-9-16(26(4)5)18-13(20)7-6-8-14(18)21/h6-8,11-12,16H,9-10H2,1-5H3,(H2,22,23,24). The highest BCUT2D eigenvalue weighted by molar-refractivity contribution is 7.09. The number of nitrogens with zero attached hydrogens (tertiary/aromatic N) is 3. The van der Waals surface area contributed by atoms with Gasteiger partial charge in [-0.25, -0.2) is 13.8 Å². The number of hydrogen-bond donors (Lipinski definition) is 2. The molecule has 0 amide bonds. The summed E-state index contributed by atoms with van der Waals surface area (Å²) < 4.78 is 28.3. The minimum atomic E-state index is -0.553. The zero-order chi connectivity index (χ0) is 20.0. The van der Waals surface area contributed by atoms with Gasteiger partial charge in [0.05, 0.1) is 18.3 Å². The first-order chi connectivity index (χ1) is 12.8. The van der Waals surface area contributed by atoms with Crippen LogP contribution in [0.1, 0.15) is 42.1 Å². The summed E-state index contributed by atoms with van der Waals surface area (Å²) in [5, 5.41) is 9.36. The van der Waals surface area contributed by atoms with Crippen molar-refractivity contribution in [2.75, 3.05) is 27.7 Å².